The van der Waals surface area contributed by atoms with Gasteiger partial charge in [0.25, 0.3) is 0 Å². The Kier molecular flexibility index (Phi) is 3.81. The van der Waals surface area contributed by atoms with Crippen LogP contribution in [0.3, 0.4) is 0 Å². The first-order valence-electron chi connectivity index (χ1n) is 6.63. The predicted octanol–water partition coefficient (Wildman–Crippen LogP) is 1.57. The Morgan fingerprint density at radius 1 is 1.30 bits per heavy atom. The molecule has 1 saturated heterocycles. The Balaban J connectivity index is 2.42. The van der Waals surface area contributed by atoms with Crippen LogP contribution in [0.15, 0.2) is 12.3 Å². The minimum absolute atomic E-state index is 0.407. The number of nitrogens with zero attached hydrogens (tertiary/aromatic N) is 1. The van der Waals surface area contributed by atoms with E-state index in [1.807, 2.05) is 27.7 Å². The van der Waals surface area contributed by atoms with Crippen LogP contribution in [-0.2, 0) is 15.7 Å². The van der Waals surface area contributed by atoms with Gasteiger partial charge in [-0.15, -0.1) is 12.3 Å². The molecule has 0 unspecified atom stereocenters. The SMILES string of the molecule is C#CCc1c(OC)ccnc1B1OC(C)(C)C(C)(C)O1. The summed E-state index contributed by atoms with van der Waals surface area (Å²) in [6, 6.07) is 1.79. The van der Waals surface area contributed by atoms with Crippen molar-refractivity contribution in [3.8, 4) is 18.1 Å². The lowest BCUT2D eigenvalue weighted by molar-refractivity contribution is 0.00578. The molecule has 0 atom stereocenters. The second-order valence-electron chi connectivity index (χ2n) is 5.85. The van der Waals surface area contributed by atoms with Crippen LogP contribution in [0.4, 0.5) is 0 Å². The van der Waals surface area contributed by atoms with Crippen LogP contribution >= 0.6 is 0 Å². The van der Waals surface area contributed by atoms with Gasteiger partial charge in [0.2, 0.25) is 0 Å². The Bertz CT molecular complexity index is 533. The van der Waals surface area contributed by atoms with Crippen molar-refractivity contribution in [2.24, 2.45) is 0 Å². The smallest absolute Gasteiger partial charge is 0.496 e. The quantitative estimate of drug-likeness (QED) is 0.619. The standard InChI is InChI=1S/C15H20BNO3/c1-7-8-11-12(18-6)9-10-17-13(11)16-19-14(2,3)15(4,5)20-16/h1,9-10H,8H2,2-6H3. The van der Waals surface area contributed by atoms with Gasteiger partial charge in [-0.2, -0.15) is 0 Å². The predicted molar refractivity (Wildman–Crippen MR) is 79.0 cm³/mol. The molecule has 0 aliphatic carbocycles. The maximum Gasteiger partial charge on any atom is 0.514 e. The van der Waals surface area contributed by atoms with Crippen molar-refractivity contribution >= 4 is 12.7 Å². The molecule has 1 aromatic rings. The van der Waals surface area contributed by atoms with Crippen LogP contribution in [0.25, 0.3) is 0 Å². The highest BCUT2D eigenvalue weighted by Gasteiger charge is 2.53. The number of pyridine rings is 1. The number of ether oxygens (including phenoxy) is 1. The minimum atomic E-state index is -0.529. The summed E-state index contributed by atoms with van der Waals surface area (Å²) in [5, 5.41) is 0. The number of hydrogen-bond acceptors (Lipinski definition) is 4. The van der Waals surface area contributed by atoms with Gasteiger partial charge in [-0.25, -0.2) is 0 Å². The van der Waals surface area contributed by atoms with E-state index in [2.05, 4.69) is 10.9 Å². The highest BCUT2D eigenvalue weighted by Crippen LogP contribution is 2.36. The minimum Gasteiger partial charge on any atom is -0.496 e. The average molecular weight is 273 g/mol. The molecule has 1 fully saturated rings. The molecule has 0 radical (unpaired) electrons. The lowest BCUT2D eigenvalue weighted by Crippen LogP contribution is -2.41. The van der Waals surface area contributed by atoms with Gasteiger partial charge < -0.3 is 14.0 Å². The van der Waals surface area contributed by atoms with Gasteiger partial charge in [0, 0.05) is 18.2 Å². The summed E-state index contributed by atoms with van der Waals surface area (Å²) in [5.74, 6) is 3.34. The molecule has 4 nitrogen and oxygen atoms in total. The first-order valence-corrected chi connectivity index (χ1v) is 6.63. The van der Waals surface area contributed by atoms with Crippen LogP contribution < -0.4 is 10.3 Å². The van der Waals surface area contributed by atoms with Gasteiger partial charge in [-0.3, -0.25) is 4.98 Å². The molecule has 20 heavy (non-hydrogen) atoms. The fraction of sp³-hybridized carbons (Fsp3) is 0.533. The summed E-state index contributed by atoms with van der Waals surface area (Å²) < 4.78 is 17.4. The first kappa shape index (κ1) is 14.9. The second kappa shape index (κ2) is 5.12. The van der Waals surface area contributed by atoms with Crippen molar-refractivity contribution in [2.45, 2.75) is 45.3 Å². The summed E-state index contributed by atoms with van der Waals surface area (Å²) >= 11 is 0. The summed E-state index contributed by atoms with van der Waals surface area (Å²) in [7, 11) is 1.09. The van der Waals surface area contributed by atoms with E-state index in [-0.39, 0.29) is 0 Å². The molecule has 0 amide bonds. The molecule has 5 heteroatoms. The molecule has 1 aliphatic heterocycles. The van der Waals surface area contributed by atoms with E-state index in [1.165, 1.54) is 0 Å². The van der Waals surface area contributed by atoms with Gasteiger partial charge in [0.1, 0.15) is 5.75 Å². The molecule has 106 valence electrons. The van der Waals surface area contributed by atoms with Crippen LogP contribution in [0, 0.1) is 12.3 Å². The highest BCUT2D eigenvalue weighted by atomic mass is 16.7. The van der Waals surface area contributed by atoms with Crippen LogP contribution in [0.1, 0.15) is 33.3 Å². The number of rotatable bonds is 3. The topological polar surface area (TPSA) is 40.6 Å². The third kappa shape index (κ3) is 2.42. The third-order valence-electron chi connectivity index (χ3n) is 4.02. The van der Waals surface area contributed by atoms with E-state index in [0.29, 0.717) is 17.8 Å². The zero-order chi connectivity index (χ0) is 15.0. The van der Waals surface area contributed by atoms with Crippen LogP contribution in [-0.4, -0.2) is 30.4 Å². The molecule has 0 N–H and O–H groups in total. The molecular formula is C15H20BNO3. The monoisotopic (exact) mass is 273 g/mol. The molecule has 1 aliphatic rings. The Labute approximate surface area is 121 Å². The number of hydrogen-bond donors (Lipinski definition) is 0. The lowest BCUT2D eigenvalue weighted by atomic mass is 9.80. The van der Waals surface area contributed by atoms with Crippen molar-refractivity contribution in [3.63, 3.8) is 0 Å². The van der Waals surface area contributed by atoms with Gasteiger partial charge in [-0.1, -0.05) is 0 Å². The van der Waals surface area contributed by atoms with Gasteiger partial charge >= 0.3 is 7.12 Å². The molecule has 0 aromatic carbocycles. The molecule has 0 bridgehead atoms. The maximum atomic E-state index is 6.03. The zero-order valence-electron chi connectivity index (χ0n) is 12.7. The van der Waals surface area contributed by atoms with E-state index in [9.17, 15) is 0 Å². The Hall–Kier alpha value is -1.51. The molecular weight excluding hydrogens is 253 g/mol. The van der Waals surface area contributed by atoms with E-state index in [1.54, 1.807) is 19.4 Å². The second-order valence-corrected chi connectivity index (χ2v) is 5.85. The van der Waals surface area contributed by atoms with Gasteiger partial charge in [0.15, 0.2) is 0 Å². The molecule has 0 spiro atoms. The van der Waals surface area contributed by atoms with Crippen LogP contribution in [0.2, 0.25) is 0 Å². The lowest BCUT2D eigenvalue weighted by Gasteiger charge is -2.32. The van der Waals surface area contributed by atoms with Gasteiger partial charge in [-0.05, 0) is 33.8 Å². The largest absolute Gasteiger partial charge is 0.514 e. The fourth-order valence-corrected chi connectivity index (χ4v) is 2.12. The fourth-order valence-electron chi connectivity index (χ4n) is 2.12. The molecule has 0 saturated carbocycles. The van der Waals surface area contributed by atoms with Crippen molar-refractivity contribution in [1.82, 2.24) is 4.98 Å². The van der Waals surface area contributed by atoms with E-state index < -0.39 is 18.3 Å². The number of aromatic nitrogens is 1. The summed E-state index contributed by atoms with van der Waals surface area (Å²) in [6.07, 6.45) is 7.55. The van der Waals surface area contributed by atoms with E-state index >= 15 is 0 Å². The first-order chi connectivity index (χ1) is 9.32. The van der Waals surface area contributed by atoms with Crippen molar-refractivity contribution in [2.75, 3.05) is 7.11 Å². The van der Waals surface area contributed by atoms with Crippen molar-refractivity contribution in [3.05, 3.63) is 17.8 Å². The van der Waals surface area contributed by atoms with Crippen molar-refractivity contribution in [1.29, 1.82) is 0 Å². The Morgan fingerprint density at radius 3 is 2.40 bits per heavy atom. The summed E-state index contributed by atoms with van der Waals surface area (Å²) in [6.45, 7) is 8.03. The maximum absolute atomic E-state index is 6.03. The molecule has 1 aromatic heterocycles. The summed E-state index contributed by atoms with van der Waals surface area (Å²) in [4.78, 5) is 4.39. The molecule has 2 rings (SSSR count). The Morgan fingerprint density at radius 2 is 1.90 bits per heavy atom. The van der Waals surface area contributed by atoms with E-state index in [4.69, 9.17) is 20.5 Å². The van der Waals surface area contributed by atoms with Gasteiger partial charge in [0.05, 0.1) is 23.9 Å². The number of methoxy groups -OCH3 is 1. The average Bonchev–Trinajstić information content (AvgIpc) is 2.59. The zero-order valence-corrected chi connectivity index (χ0v) is 12.7. The molecule has 2 heterocycles. The third-order valence-corrected chi connectivity index (χ3v) is 4.02. The normalized spacial score (nSPS) is 19.7. The summed E-state index contributed by atoms with van der Waals surface area (Å²) in [5.41, 5.74) is 0.725. The van der Waals surface area contributed by atoms with E-state index in [0.717, 1.165) is 5.56 Å². The van der Waals surface area contributed by atoms with Crippen molar-refractivity contribution < 1.29 is 14.0 Å². The highest BCUT2D eigenvalue weighted by molar-refractivity contribution is 6.61. The van der Waals surface area contributed by atoms with Crippen LogP contribution in [0.5, 0.6) is 5.75 Å². The number of terminal acetylenes is 1.